The number of carbonyl (C=O) groups excluding carboxylic acids is 1. The van der Waals surface area contributed by atoms with Gasteiger partial charge in [0.25, 0.3) is 5.91 Å². The zero-order chi connectivity index (χ0) is 19.1. The van der Waals surface area contributed by atoms with Crippen LogP contribution in [-0.4, -0.2) is 31.8 Å². The molecule has 1 aliphatic rings. The SMILES string of the molecule is CCOc1ccc(C(=O)NC[C@@H]2CCCO2)cc1COc1ccccc1Cl. The Morgan fingerprint density at radius 1 is 1.22 bits per heavy atom. The van der Waals surface area contributed by atoms with Crippen molar-refractivity contribution in [3.63, 3.8) is 0 Å². The maximum Gasteiger partial charge on any atom is 0.251 e. The first-order valence-corrected chi connectivity index (χ1v) is 9.58. The highest BCUT2D eigenvalue weighted by atomic mass is 35.5. The van der Waals surface area contributed by atoms with Crippen molar-refractivity contribution >= 4 is 17.5 Å². The van der Waals surface area contributed by atoms with Crippen LogP contribution in [0.15, 0.2) is 42.5 Å². The average molecular weight is 390 g/mol. The minimum Gasteiger partial charge on any atom is -0.493 e. The van der Waals surface area contributed by atoms with Crippen molar-refractivity contribution in [2.24, 2.45) is 0 Å². The summed E-state index contributed by atoms with van der Waals surface area (Å²) in [6.07, 6.45) is 2.15. The Morgan fingerprint density at radius 3 is 2.81 bits per heavy atom. The van der Waals surface area contributed by atoms with E-state index in [0.29, 0.717) is 35.2 Å². The quantitative estimate of drug-likeness (QED) is 0.734. The average Bonchev–Trinajstić information content (AvgIpc) is 3.20. The minimum atomic E-state index is -0.132. The minimum absolute atomic E-state index is 0.111. The van der Waals surface area contributed by atoms with Crippen molar-refractivity contribution in [2.75, 3.05) is 19.8 Å². The summed E-state index contributed by atoms with van der Waals surface area (Å²) in [5.74, 6) is 1.16. The normalized spacial score (nSPS) is 16.1. The summed E-state index contributed by atoms with van der Waals surface area (Å²) in [5, 5.41) is 3.48. The second kappa shape index (κ2) is 9.62. The van der Waals surface area contributed by atoms with E-state index in [1.807, 2.05) is 19.1 Å². The molecule has 5 nitrogen and oxygen atoms in total. The van der Waals surface area contributed by atoms with E-state index in [2.05, 4.69) is 5.32 Å². The van der Waals surface area contributed by atoms with E-state index in [1.165, 1.54) is 0 Å². The standard InChI is InChI=1S/C21H24ClNO4/c1-2-25-19-10-9-15(21(24)23-13-17-6-5-11-26-17)12-16(19)14-27-20-8-4-3-7-18(20)22/h3-4,7-10,12,17H,2,5-6,11,13-14H2,1H3,(H,23,24)/t17-/m0/s1. The highest BCUT2D eigenvalue weighted by Crippen LogP contribution is 2.27. The second-order valence-electron chi connectivity index (χ2n) is 6.32. The molecule has 0 unspecified atom stereocenters. The van der Waals surface area contributed by atoms with E-state index >= 15 is 0 Å². The molecule has 144 valence electrons. The highest BCUT2D eigenvalue weighted by Gasteiger charge is 2.17. The molecule has 1 saturated heterocycles. The van der Waals surface area contributed by atoms with Crippen molar-refractivity contribution in [1.82, 2.24) is 5.32 Å². The zero-order valence-corrected chi connectivity index (χ0v) is 16.1. The summed E-state index contributed by atoms with van der Waals surface area (Å²) >= 11 is 6.14. The summed E-state index contributed by atoms with van der Waals surface area (Å²) in [4.78, 5) is 12.5. The predicted octanol–water partition coefficient (Wildman–Crippen LogP) is 4.23. The van der Waals surface area contributed by atoms with Crippen LogP contribution < -0.4 is 14.8 Å². The fourth-order valence-corrected chi connectivity index (χ4v) is 3.15. The van der Waals surface area contributed by atoms with E-state index in [1.54, 1.807) is 30.3 Å². The third kappa shape index (κ3) is 5.37. The molecule has 27 heavy (non-hydrogen) atoms. The highest BCUT2D eigenvalue weighted by molar-refractivity contribution is 6.32. The number of carbonyl (C=O) groups is 1. The molecule has 3 rings (SSSR count). The number of benzene rings is 2. The molecule has 0 aliphatic carbocycles. The lowest BCUT2D eigenvalue weighted by Crippen LogP contribution is -2.31. The van der Waals surface area contributed by atoms with Crippen LogP contribution in [0.4, 0.5) is 0 Å². The van der Waals surface area contributed by atoms with Gasteiger partial charge in [-0.25, -0.2) is 0 Å². The Kier molecular flexibility index (Phi) is 6.96. The Balaban J connectivity index is 1.69. The first-order valence-electron chi connectivity index (χ1n) is 9.20. The molecule has 1 heterocycles. The van der Waals surface area contributed by atoms with E-state index in [-0.39, 0.29) is 18.6 Å². The largest absolute Gasteiger partial charge is 0.493 e. The summed E-state index contributed by atoms with van der Waals surface area (Å²) in [7, 11) is 0. The second-order valence-corrected chi connectivity index (χ2v) is 6.73. The Bertz CT molecular complexity index is 775. The lowest BCUT2D eigenvalue weighted by Gasteiger charge is -2.15. The summed E-state index contributed by atoms with van der Waals surface area (Å²) in [5.41, 5.74) is 1.36. The zero-order valence-electron chi connectivity index (χ0n) is 15.4. The van der Waals surface area contributed by atoms with Crippen LogP contribution in [0.25, 0.3) is 0 Å². The fraction of sp³-hybridized carbons (Fsp3) is 0.381. The topological polar surface area (TPSA) is 56.8 Å². The molecule has 1 N–H and O–H groups in total. The van der Waals surface area contributed by atoms with Crippen molar-refractivity contribution < 1.29 is 19.0 Å². The molecule has 2 aromatic carbocycles. The molecule has 1 atom stereocenters. The van der Waals surface area contributed by atoms with Crippen molar-refractivity contribution in [3.05, 3.63) is 58.6 Å². The number of amides is 1. The Morgan fingerprint density at radius 2 is 2.07 bits per heavy atom. The number of para-hydroxylation sites is 1. The third-order valence-electron chi connectivity index (χ3n) is 4.36. The van der Waals surface area contributed by atoms with Crippen LogP contribution in [-0.2, 0) is 11.3 Å². The van der Waals surface area contributed by atoms with Gasteiger partial charge < -0.3 is 19.5 Å². The van der Waals surface area contributed by atoms with Gasteiger partial charge in [-0.15, -0.1) is 0 Å². The molecule has 0 saturated carbocycles. The van der Waals surface area contributed by atoms with E-state index in [0.717, 1.165) is 25.0 Å². The number of nitrogens with one attached hydrogen (secondary N) is 1. The van der Waals surface area contributed by atoms with Crippen molar-refractivity contribution in [1.29, 1.82) is 0 Å². The van der Waals surface area contributed by atoms with Crippen molar-refractivity contribution in [2.45, 2.75) is 32.5 Å². The third-order valence-corrected chi connectivity index (χ3v) is 4.67. The maximum atomic E-state index is 12.5. The summed E-state index contributed by atoms with van der Waals surface area (Å²) in [6, 6.07) is 12.6. The van der Waals surface area contributed by atoms with Gasteiger partial charge in [0.15, 0.2) is 0 Å². The summed E-state index contributed by atoms with van der Waals surface area (Å²) in [6.45, 7) is 4.00. The number of rotatable bonds is 8. The Hall–Kier alpha value is -2.24. The molecule has 0 aromatic heterocycles. The van der Waals surface area contributed by atoms with Gasteiger partial charge in [-0.1, -0.05) is 23.7 Å². The molecule has 1 aliphatic heterocycles. The molecule has 0 bridgehead atoms. The molecule has 6 heteroatoms. The first kappa shape index (κ1) is 19.5. The molecular weight excluding hydrogens is 366 g/mol. The van der Waals surface area contributed by atoms with Gasteiger partial charge in [0.1, 0.15) is 18.1 Å². The number of hydrogen-bond donors (Lipinski definition) is 1. The Labute approximate surface area is 164 Å². The van der Waals surface area contributed by atoms with Gasteiger partial charge in [-0.3, -0.25) is 4.79 Å². The van der Waals surface area contributed by atoms with Gasteiger partial charge >= 0.3 is 0 Å². The number of halogens is 1. The van der Waals surface area contributed by atoms with E-state index < -0.39 is 0 Å². The van der Waals surface area contributed by atoms with E-state index in [9.17, 15) is 4.79 Å². The lowest BCUT2D eigenvalue weighted by atomic mass is 10.1. The van der Waals surface area contributed by atoms with Crippen LogP contribution >= 0.6 is 11.6 Å². The van der Waals surface area contributed by atoms with Crippen LogP contribution in [0.1, 0.15) is 35.7 Å². The van der Waals surface area contributed by atoms with Gasteiger partial charge in [0.2, 0.25) is 0 Å². The van der Waals surface area contributed by atoms with E-state index in [4.69, 9.17) is 25.8 Å². The van der Waals surface area contributed by atoms with Crippen LogP contribution in [0, 0.1) is 0 Å². The first-order chi connectivity index (χ1) is 13.2. The molecule has 1 fully saturated rings. The predicted molar refractivity (Wildman–Crippen MR) is 105 cm³/mol. The van der Waals surface area contributed by atoms with Crippen LogP contribution in [0.5, 0.6) is 11.5 Å². The van der Waals surface area contributed by atoms with Crippen LogP contribution in [0.2, 0.25) is 5.02 Å². The molecule has 0 radical (unpaired) electrons. The maximum absolute atomic E-state index is 12.5. The van der Waals surface area contributed by atoms with Crippen LogP contribution in [0.3, 0.4) is 0 Å². The van der Waals surface area contributed by atoms with Gasteiger partial charge in [0.05, 0.1) is 17.7 Å². The summed E-state index contributed by atoms with van der Waals surface area (Å²) < 4.78 is 17.0. The van der Waals surface area contributed by atoms with Crippen molar-refractivity contribution in [3.8, 4) is 11.5 Å². The molecule has 0 spiro atoms. The number of ether oxygens (including phenoxy) is 3. The van der Waals surface area contributed by atoms with Gasteiger partial charge in [-0.2, -0.15) is 0 Å². The lowest BCUT2D eigenvalue weighted by molar-refractivity contribution is 0.0857. The number of hydrogen-bond acceptors (Lipinski definition) is 4. The smallest absolute Gasteiger partial charge is 0.251 e. The fourth-order valence-electron chi connectivity index (χ4n) is 2.96. The van der Waals surface area contributed by atoms with Gasteiger partial charge in [0, 0.05) is 24.3 Å². The van der Waals surface area contributed by atoms with Gasteiger partial charge in [-0.05, 0) is 50.1 Å². The molecular formula is C21H24ClNO4. The molecule has 2 aromatic rings. The monoisotopic (exact) mass is 389 g/mol. The molecule has 1 amide bonds.